The van der Waals surface area contributed by atoms with Crippen LogP contribution in [0.2, 0.25) is 0 Å². The molecule has 0 spiro atoms. The Kier molecular flexibility index (Phi) is 6.64. The molecule has 0 aromatic rings. The Labute approximate surface area is 106 Å². The summed E-state index contributed by atoms with van der Waals surface area (Å²) >= 11 is 11.2. The predicted molar refractivity (Wildman–Crippen MR) is 66.9 cm³/mol. The quantitative estimate of drug-likeness (QED) is 0.427. The fourth-order valence-electron chi connectivity index (χ4n) is 1.34. The number of methoxy groups -OCH3 is 1. The van der Waals surface area contributed by atoms with E-state index in [0.29, 0.717) is 0 Å². The van der Waals surface area contributed by atoms with Crippen molar-refractivity contribution in [3.05, 3.63) is 12.7 Å². The summed E-state index contributed by atoms with van der Waals surface area (Å²) in [7, 11) is 1.26. The Balaban J connectivity index is 5.18. The molecule has 0 aliphatic carbocycles. The molecule has 4 nitrogen and oxygen atoms in total. The van der Waals surface area contributed by atoms with Gasteiger partial charge in [-0.05, 0) is 28.4 Å². The van der Waals surface area contributed by atoms with Gasteiger partial charge in [0.25, 0.3) is 0 Å². The molecule has 0 aromatic heterocycles. The summed E-state index contributed by atoms with van der Waals surface area (Å²) in [4.78, 5) is 11.6. The van der Waals surface area contributed by atoms with Gasteiger partial charge in [0.1, 0.15) is 6.04 Å². The average molecular weight is 288 g/mol. The third kappa shape index (κ3) is 4.46. The number of hydrogen-bond donors (Lipinski definition) is 0. The van der Waals surface area contributed by atoms with Crippen molar-refractivity contribution >= 4 is 34.4 Å². The molecule has 0 amide bonds. The summed E-state index contributed by atoms with van der Waals surface area (Å²) in [6, 6.07) is -0.746. The molecule has 0 fully saturated rings. The van der Waals surface area contributed by atoms with Gasteiger partial charge in [-0.1, -0.05) is 19.9 Å². The molecule has 0 bridgehead atoms. The van der Waals surface area contributed by atoms with Gasteiger partial charge in [-0.15, -0.1) is 6.58 Å². The zero-order chi connectivity index (χ0) is 12.9. The Hall–Kier alpha value is -0.0200. The molecule has 94 valence electrons. The van der Waals surface area contributed by atoms with Gasteiger partial charge in [-0.2, -0.15) is 0 Å². The smallest absolute Gasteiger partial charge is 0.323 e. The van der Waals surface area contributed by atoms with Crippen LogP contribution in [0.25, 0.3) is 0 Å². The summed E-state index contributed by atoms with van der Waals surface area (Å²) in [5, 5.41) is 0. The molecule has 0 radical (unpaired) electrons. The number of ether oxygens (including phenoxy) is 1. The number of carbonyl (C=O) groups is 1. The van der Waals surface area contributed by atoms with E-state index >= 15 is 0 Å². The first-order valence-corrected chi connectivity index (χ1v) is 8.17. The van der Waals surface area contributed by atoms with E-state index in [2.05, 4.69) is 11.3 Å². The van der Waals surface area contributed by atoms with Gasteiger partial charge < -0.3 is 4.74 Å². The lowest BCUT2D eigenvalue weighted by molar-refractivity contribution is -0.146. The van der Waals surface area contributed by atoms with E-state index in [-0.39, 0.29) is 12.5 Å². The average Bonchev–Trinajstić information content (AvgIpc) is 2.14. The van der Waals surface area contributed by atoms with Crippen molar-refractivity contribution in [2.75, 3.05) is 13.7 Å². The van der Waals surface area contributed by atoms with Crippen molar-refractivity contribution < 1.29 is 14.1 Å². The highest BCUT2D eigenvalue weighted by Gasteiger charge is 2.38. The molecule has 0 saturated heterocycles. The van der Waals surface area contributed by atoms with Crippen molar-refractivity contribution in [3.63, 3.8) is 0 Å². The summed E-state index contributed by atoms with van der Waals surface area (Å²) in [6.45, 7) is 7.25. The lowest BCUT2D eigenvalue weighted by Gasteiger charge is -2.31. The van der Waals surface area contributed by atoms with Crippen molar-refractivity contribution in [2.24, 2.45) is 5.92 Å². The van der Waals surface area contributed by atoms with Crippen LogP contribution in [0.1, 0.15) is 13.8 Å². The van der Waals surface area contributed by atoms with Crippen LogP contribution >= 0.6 is 28.5 Å². The van der Waals surface area contributed by atoms with Gasteiger partial charge in [0.2, 0.25) is 0 Å². The maximum absolute atomic E-state index is 11.7. The van der Waals surface area contributed by atoms with Gasteiger partial charge in [-0.3, -0.25) is 9.36 Å². The molecule has 7 heteroatoms. The Morgan fingerprint density at radius 2 is 2.06 bits per heavy atom. The van der Waals surface area contributed by atoms with E-state index in [1.165, 1.54) is 17.9 Å². The van der Waals surface area contributed by atoms with Crippen LogP contribution in [0.4, 0.5) is 0 Å². The van der Waals surface area contributed by atoms with E-state index in [0.717, 1.165) is 0 Å². The zero-order valence-electron chi connectivity index (χ0n) is 9.52. The Morgan fingerprint density at radius 1 is 1.56 bits per heavy atom. The third-order valence-electron chi connectivity index (χ3n) is 2.01. The SMILES string of the molecule is C=CCN([C@H](C(=O)OC)C(C)C)P(=O)(Cl)Cl. The Morgan fingerprint density at radius 3 is 2.31 bits per heavy atom. The van der Waals surface area contributed by atoms with E-state index in [9.17, 15) is 9.36 Å². The second-order valence-electron chi connectivity index (χ2n) is 3.56. The van der Waals surface area contributed by atoms with Crippen LogP contribution in [0.5, 0.6) is 0 Å². The van der Waals surface area contributed by atoms with Crippen LogP contribution in [0.3, 0.4) is 0 Å². The van der Waals surface area contributed by atoms with Crippen molar-refractivity contribution in [2.45, 2.75) is 19.9 Å². The molecule has 0 heterocycles. The maximum Gasteiger partial charge on any atom is 0.323 e. The number of hydrogen-bond acceptors (Lipinski definition) is 3. The minimum absolute atomic E-state index is 0.127. The van der Waals surface area contributed by atoms with Gasteiger partial charge in [0.05, 0.1) is 7.11 Å². The first kappa shape index (κ1) is 16.0. The highest BCUT2D eigenvalue weighted by molar-refractivity contribution is 8.07. The lowest BCUT2D eigenvalue weighted by Crippen LogP contribution is -2.42. The van der Waals surface area contributed by atoms with Crippen LogP contribution in [0, 0.1) is 5.92 Å². The molecular formula is C9H16Cl2NO3P. The first-order chi connectivity index (χ1) is 7.25. The van der Waals surface area contributed by atoms with Gasteiger partial charge in [0, 0.05) is 6.54 Å². The predicted octanol–water partition coefficient (Wildman–Crippen LogP) is 3.26. The highest BCUT2D eigenvalue weighted by Crippen LogP contribution is 2.61. The topological polar surface area (TPSA) is 46.6 Å². The van der Waals surface area contributed by atoms with Crippen molar-refractivity contribution in [1.29, 1.82) is 0 Å². The molecule has 0 saturated carbocycles. The van der Waals surface area contributed by atoms with E-state index in [4.69, 9.17) is 22.5 Å². The number of halogens is 2. The standard InChI is InChI=1S/C9H16Cl2NO3P/c1-5-6-12(16(10,11)14)8(7(2)3)9(13)15-4/h5,7-8H,1,6H2,2-4H3/t8-/m0/s1. The molecule has 0 rings (SSSR count). The molecule has 0 aromatic carbocycles. The largest absolute Gasteiger partial charge is 0.468 e. The number of carbonyl (C=O) groups excluding carboxylic acids is 1. The normalized spacial score (nSPS) is 13.9. The maximum atomic E-state index is 11.7. The van der Waals surface area contributed by atoms with E-state index < -0.39 is 18.0 Å². The van der Waals surface area contributed by atoms with Crippen molar-refractivity contribution in [1.82, 2.24) is 4.67 Å². The summed E-state index contributed by atoms with van der Waals surface area (Å²) in [5.41, 5.74) is 0. The minimum Gasteiger partial charge on any atom is -0.468 e. The third-order valence-corrected chi connectivity index (χ3v) is 4.19. The van der Waals surface area contributed by atoms with Gasteiger partial charge >= 0.3 is 12.0 Å². The lowest BCUT2D eigenvalue weighted by atomic mass is 10.0. The zero-order valence-corrected chi connectivity index (χ0v) is 11.9. The van der Waals surface area contributed by atoms with Gasteiger partial charge in [0.15, 0.2) is 0 Å². The monoisotopic (exact) mass is 287 g/mol. The van der Waals surface area contributed by atoms with Crippen LogP contribution in [-0.2, 0) is 14.1 Å². The fraction of sp³-hybridized carbons (Fsp3) is 0.667. The molecule has 0 N–H and O–H groups in total. The Bertz CT molecular complexity index is 303. The van der Waals surface area contributed by atoms with Crippen LogP contribution in [-0.4, -0.2) is 30.3 Å². The molecule has 0 aliphatic rings. The molecule has 1 atom stereocenters. The molecule has 16 heavy (non-hydrogen) atoms. The van der Waals surface area contributed by atoms with E-state index in [1.54, 1.807) is 13.8 Å². The van der Waals surface area contributed by atoms with Crippen LogP contribution < -0.4 is 0 Å². The second-order valence-corrected chi connectivity index (χ2v) is 8.21. The molecule has 0 unspecified atom stereocenters. The number of rotatable bonds is 6. The van der Waals surface area contributed by atoms with Crippen LogP contribution in [0.15, 0.2) is 12.7 Å². The summed E-state index contributed by atoms with van der Waals surface area (Å²) in [6.07, 6.45) is 1.48. The number of esters is 1. The fourth-order valence-corrected chi connectivity index (χ4v) is 3.24. The second kappa shape index (κ2) is 6.65. The van der Waals surface area contributed by atoms with Gasteiger partial charge in [-0.25, -0.2) is 4.67 Å². The summed E-state index contributed by atoms with van der Waals surface area (Å²) < 4.78 is 17.5. The minimum atomic E-state index is -3.56. The van der Waals surface area contributed by atoms with E-state index in [1.807, 2.05) is 0 Å². The summed E-state index contributed by atoms with van der Waals surface area (Å²) in [5.74, 6) is -4.21. The highest BCUT2D eigenvalue weighted by atomic mass is 35.9. The first-order valence-electron chi connectivity index (χ1n) is 4.70. The number of nitrogens with zero attached hydrogens (tertiary/aromatic N) is 1. The molecular weight excluding hydrogens is 272 g/mol. The van der Waals surface area contributed by atoms with Crippen molar-refractivity contribution in [3.8, 4) is 0 Å². The molecule has 0 aliphatic heterocycles.